The highest BCUT2D eigenvalue weighted by Crippen LogP contribution is 2.42. The molecule has 2 saturated heterocycles. The van der Waals surface area contributed by atoms with Gasteiger partial charge in [-0.05, 0) is 94.5 Å². The summed E-state index contributed by atoms with van der Waals surface area (Å²) < 4.78 is 155. The van der Waals surface area contributed by atoms with E-state index >= 15 is 8.78 Å². The Labute approximate surface area is 428 Å². The van der Waals surface area contributed by atoms with Crippen molar-refractivity contribution in [2.75, 3.05) is 31.6 Å². The SMILES string of the molecule is COC(=O)NC(C(=O)NC(Cc1ccc(C#Cc2ccc(N3CC4CCC(C3)O4)nc2)cc1)C(O)CN(Cc1c(F)cc(-c2cnn(C(F)F)c2)cc1F)NC(=O)C(NC(=O)O)C(C)(C)C(F)(F)F)C(C)(C)C(F)(F)F. The molecule has 0 saturated carbocycles. The zero-order valence-corrected chi connectivity index (χ0v) is 41.2. The summed E-state index contributed by atoms with van der Waals surface area (Å²) >= 11 is 0. The highest BCUT2D eigenvalue weighted by Gasteiger charge is 2.57. The molecule has 6 atom stereocenters. The number of methoxy groups -OCH3 is 1. The second kappa shape index (κ2) is 23.4. The van der Waals surface area contributed by atoms with Crippen molar-refractivity contribution < 1.29 is 82.8 Å². The molecule has 412 valence electrons. The van der Waals surface area contributed by atoms with Crippen LogP contribution in [0.4, 0.5) is 59.3 Å². The molecule has 2 bridgehead atoms. The quantitative estimate of drug-likeness (QED) is 0.0344. The largest absolute Gasteiger partial charge is 0.465 e. The Hall–Kier alpha value is -7.18. The van der Waals surface area contributed by atoms with Gasteiger partial charge in [0, 0.05) is 60.8 Å². The van der Waals surface area contributed by atoms with Gasteiger partial charge in [0.1, 0.15) is 29.5 Å². The molecule has 6 N–H and O–H groups in total. The molecule has 6 unspecified atom stereocenters. The Balaban J connectivity index is 1.33. The zero-order valence-electron chi connectivity index (χ0n) is 41.2. The lowest BCUT2D eigenvalue weighted by Gasteiger charge is -2.38. The number of alkyl carbamates (subject to hydrolysis) is 1. The van der Waals surface area contributed by atoms with E-state index in [1.165, 1.54) is 29.6 Å². The second-order valence-corrected chi connectivity index (χ2v) is 19.3. The Bertz CT molecular complexity index is 2750. The van der Waals surface area contributed by atoms with Crippen molar-refractivity contribution in [3.05, 3.63) is 101 Å². The summed E-state index contributed by atoms with van der Waals surface area (Å²) in [5, 5.41) is 30.9. The zero-order chi connectivity index (χ0) is 56.1. The number of morpholine rings is 1. The third kappa shape index (κ3) is 14.0. The van der Waals surface area contributed by atoms with E-state index in [1.807, 2.05) is 16.8 Å². The number of nitrogens with one attached hydrogen (secondary N) is 4. The first-order chi connectivity index (χ1) is 35.5. The fourth-order valence-corrected chi connectivity index (χ4v) is 8.32. The maximum atomic E-state index is 15.9. The van der Waals surface area contributed by atoms with Crippen molar-refractivity contribution in [1.82, 2.24) is 41.1 Å². The van der Waals surface area contributed by atoms with E-state index in [9.17, 15) is 64.5 Å². The van der Waals surface area contributed by atoms with Gasteiger partial charge in [0.25, 0.3) is 5.91 Å². The Kier molecular flexibility index (Phi) is 17.9. The maximum Gasteiger partial charge on any atom is 0.407 e. The van der Waals surface area contributed by atoms with E-state index in [0.717, 1.165) is 38.2 Å². The number of aromatic nitrogens is 3. The third-order valence-corrected chi connectivity index (χ3v) is 13.1. The van der Waals surface area contributed by atoms with Gasteiger partial charge in [-0.15, -0.1) is 0 Å². The number of pyridine rings is 1. The van der Waals surface area contributed by atoms with Crippen LogP contribution in [-0.2, 0) is 32.0 Å². The average Bonchev–Trinajstić information content (AvgIpc) is 3.98. The number of aliphatic hydroxyl groups excluding tert-OH is 1. The van der Waals surface area contributed by atoms with E-state index in [1.54, 1.807) is 12.3 Å². The molecule has 2 aromatic carbocycles. The van der Waals surface area contributed by atoms with Gasteiger partial charge in [0.2, 0.25) is 5.91 Å². The highest BCUT2D eigenvalue weighted by molar-refractivity contribution is 5.87. The molecule has 4 amide bonds. The number of aliphatic hydroxyl groups is 1. The number of nitrogens with zero attached hydrogens (tertiary/aromatic N) is 5. The summed E-state index contributed by atoms with van der Waals surface area (Å²) in [6.07, 6.45) is -11.2. The fraction of sp³-hybridized carbons (Fsp3) is 0.469. The first kappa shape index (κ1) is 58.1. The molecule has 2 aliphatic rings. The van der Waals surface area contributed by atoms with Crippen LogP contribution in [0.25, 0.3) is 11.1 Å². The van der Waals surface area contributed by atoms with Crippen LogP contribution in [0.3, 0.4) is 0 Å². The van der Waals surface area contributed by atoms with E-state index in [0.29, 0.717) is 69.1 Å². The summed E-state index contributed by atoms with van der Waals surface area (Å²) in [5.74, 6) is 0.510. The number of fused-ring (bicyclic) bond motifs is 2. The molecule has 0 spiro atoms. The summed E-state index contributed by atoms with van der Waals surface area (Å²) in [4.78, 5) is 58.6. The lowest BCUT2D eigenvalue weighted by molar-refractivity contribution is -0.221. The van der Waals surface area contributed by atoms with Gasteiger partial charge >= 0.3 is 31.1 Å². The number of hydrazine groups is 1. The Morgan fingerprint density at radius 1 is 0.816 bits per heavy atom. The normalized spacial score (nSPS) is 17.5. The number of amides is 4. The lowest BCUT2D eigenvalue weighted by Crippen LogP contribution is -2.63. The van der Waals surface area contributed by atoms with Crippen LogP contribution < -0.4 is 26.3 Å². The van der Waals surface area contributed by atoms with Crippen LogP contribution in [0.15, 0.2) is 67.1 Å². The number of carbonyl (C=O) groups excluding carboxylic acids is 3. The van der Waals surface area contributed by atoms with Crippen molar-refractivity contribution >= 4 is 29.8 Å². The van der Waals surface area contributed by atoms with Crippen molar-refractivity contribution in [3.8, 4) is 23.0 Å². The monoisotopic (exact) mass is 1090 g/mol. The number of carboxylic acid groups (broad SMARTS) is 1. The molecule has 76 heavy (non-hydrogen) atoms. The minimum atomic E-state index is -5.28. The minimum Gasteiger partial charge on any atom is -0.465 e. The smallest absolute Gasteiger partial charge is 0.407 e. The molecule has 4 heterocycles. The van der Waals surface area contributed by atoms with E-state index in [4.69, 9.17) is 4.74 Å². The number of hydrogen-bond donors (Lipinski definition) is 6. The fourth-order valence-electron chi connectivity index (χ4n) is 8.32. The molecule has 0 aliphatic carbocycles. The molecular weight excluding hydrogens is 1030 g/mol. The Morgan fingerprint density at radius 2 is 1.38 bits per heavy atom. The van der Waals surface area contributed by atoms with E-state index in [-0.39, 0.29) is 33.6 Å². The summed E-state index contributed by atoms with van der Waals surface area (Å²) in [6, 6.07) is 3.96. The maximum absolute atomic E-state index is 15.9. The first-order valence-corrected chi connectivity index (χ1v) is 23.3. The van der Waals surface area contributed by atoms with Crippen molar-refractivity contribution in [3.63, 3.8) is 0 Å². The molecule has 27 heteroatoms. The van der Waals surface area contributed by atoms with Crippen molar-refractivity contribution in [1.29, 1.82) is 0 Å². The number of alkyl halides is 8. The van der Waals surface area contributed by atoms with Crippen LogP contribution in [0.1, 0.15) is 69.3 Å². The third-order valence-electron chi connectivity index (χ3n) is 13.1. The van der Waals surface area contributed by atoms with Gasteiger partial charge in [0.15, 0.2) is 0 Å². The van der Waals surface area contributed by atoms with E-state index in [2.05, 4.69) is 36.9 Å². The predicted octanol–water partition coefficient (Wildman–Crippen LogP) is 6.85. The van der Waals surface area contributed by atoms with E-state index < -0.39 is 115 Å². The summed E-state index contributed by atoms with van der Waals surface area (Å²) in [7, 11) is 0.808. The highest BCUT2D eigenvalue weighted by atomic mass is 19.4. The first-order valence-electron chi connectivity index (χ1n) is 23.3. The molecule has 0 radical (unpaired) electrons. The van der Waals surface area contributed by atoms with Gasteiger partial charge < -0.3 is 40.5 Å². The molecule has 2 aromatic heterocycles. The van der Waals surface area contributed by atoms with Gasteiger partial charge in [-0.25, -0.2) is 33.0 Å². The topological polar surface area (TPSA) is 213 Å². The molecule has 6 rings (SSSR count). The van der Waals surface area contributed by atoms with Crippen LogP contribution >= 0.6 is 0 Å². The molecule has 2 aliphatic heterocycles. The second-order valence-electron chi connectivity index (χ2n) is 19.3. The van der Waals surface area contributed by atoms with Gasteiger partial charge in [-0.3, -0.25) is 15.0 Å². The number of carbonyl (C=O) groups is 4. The predicted molar refractivity (Wildman–Crippen MR) is 250 cm³/mol. The van der Waals surface area contributed by atoms with Crippen LogP contribution in [0.2, 0.25) is 0 Å². The standard InChI is InChI=1S/C49H53F10N9O8/c1-46(2,48(54,55)56)39(64-45(74)75-5)41(70)62-36(16-27-9-6-26(7-10-27)8-11-28-12-15-38(60-19-28)66-22-31-13-14-32(23-66)76-31)37(69)25-67(65-42(71)40(63-44(72)73)47(3,4)49(57,58)59)24-33-34(50)17-29(18-35(33)51)30-20-61-68(21-30)43(52)53/h6-7,9-10,12,15,17-21,31-32,36-37,39-40,43,63,69H,13-14,16,22-25H2,1-5H3,(H,62,70)(H,64,74)(H,65,71)(H,72,73). The Morgan fingerprint density at radius 3 is 1.89 bits per heavy atom. The molecule has 4 aromatic rings. The summed E-state index contributed by atoms with van der Waals surface area (Å²) in [6.45, 7) is -1.94. The number of ether oxygens (including phenoxy) is 2. The number of anilines is 1. The molecular formula is C49H53F10N9O8. The van der Waals surface area contributed by atoms with Crippen LogP contribution in [0.5, 0.6) is 0 Å². The van der Waals surface area contributed by atoms with Crippen LogP contribution in [0, 0.1) is 34.3 Å². The molecule has 17 nitrogen and oxygen atoms in total. The number of rotatable bonds is 18. The van der Waals surface area contributed by atoms with Gasteiger partial charge in [0.05, 0.1) is 48.5 Å². The van der Waals surface area contributed by atoms with Crippen molar-refractivity contribution in [2.24, 2.45) is 10.8 Å². The minimum absolute atomic E-state index is 0.143. The lowest BCUT2D eigenvalue weighted by atomic mass is 9.82. The molecule has 2 fully saturated rings. The average molecular weight is 1090 g/mol. The van der Waals surface area contributed by atoms with Gasteiger partial charge in [-0.1, -0.05) is 24.0 Å². The number of halogens is 10. The number of benzene rings is 2. The van der Waals surface area contributed by atoms with Crippen molar-refractivity contribution in [2.45, 2.75) is 109 Å². The number of hydrogen-bond acceptors (Lipinski definition) is 11. The van der Waals surface area contributed by atoms with Crippen LogP contribution in [-0.4, -0.2) is 130 Å². The summed E-state index contributed by atoms with van der Waals surface area (Å²) in [5.41, 5.74) is -4.51. The van der Waals surface area contributed by atoms with Gasteiger partial charge in [-0.2, -0.15) is 40.2 Å².